The smallest absolute Gasteiger partial charge is 0.184 e. The number of benzene rings is 9. The van der Waals surface area contributed by atoms with E-state index < -0.39 is 16.1 Å². The van der Waals surface area contributed by atoms with Crippen LogP contribution >= 0.6 is 0 Å². The molecule has 0 amide bonds. The monoisotopic (exact) mass is 882 g/mol. The van der Waals surface area contributed by atoms with Crippen LogP contribution in [0.4, 0.5) is 17.1 Å². The summed E-state index contributed by atoms with van der Waals surface area (Å²) in [6.45, 7) is 14.0. The van der Waals surface area contributed by atoms with Gasteiger partial charge in [-0.25, -0.2) is 0 Å². The first-order chi connectivity index (χ1) is 32.0. The van der Waals surface area contributed by atoms with E-state index in [1.54, 1.807) is 0 Å². The number of hydrogen-bond acceptors (Lipinski definition) is 1. The van der Waals surface area contributed by atoms with Gasteiger partial charge >= 0.3 is 0 Å². The molecule has 1 aromatic heterocycles. The third-order valence-electron chi connectivity index (χ3n) is 14.8. The maximum absolute atomic E-state index is 3.11. The van der Waals surface area contributed by atoms with E-state index in [1.807, 2.05) is 0 Å². The lowest BCUT2D eigenvalue weighted by Gasteiger charge is -2.52. The Labute approximate surface area is 391 Å². The number of para-hydroxylation sites is 2. The second-order valence-electron chi connectivity index (χ2n) is 20.5. The molecule has 3 heterocycles. The van der Waals surface area contributed by atoms with Crippen molar-refractivity contribution in [3.05, 3.63) is 230 Å². The Morgan fingerprint density at radius 1 is 0.333 bits per heavy atom. The van der Waals surface area contributed by atoms with E-state index in [1.165, 1.54) is 97.2 Å². The van der Waals surface area contributed by atoms with Crippen LogP contribution in [0.1, 0.15) is 52.7 Å². The van der Waals surface area contributed by atoms with E-state index in [2.05, 4.69) is 269 Å². The van der Waals surface area contributed by atoms with Gasteiger partial charge in [-0.15, -0.1) is 0 Å². The summed E-state index contributed by atoms with van der Waals surface area (Å²) in [6.07, 6.45) is 0. The highest BCUT2D eigenvalue weighted by Crippen LogP contribution is 2.44. The van der Waals surface area contributed by atoms with Gasteiger partial charge in [-0.1, -0.05) is 224 Å². The maximum atomic E-state index is 2.68. The Morgan fingerprint density at radius 3 is 1.02 bits per heavy atom. The molecule has 0 spiro atoms. The molecule has 0 atom stereocenters. The molecule has 0 unspecified atom stereocenters. The van der Waals surface area contributed by atoms with Gasteiger partial charge in [0.05, 0.1) is 11.0 Å². The molecule has 12 rings (SSSR count). The Bertz CT molecular complexity index is 3180. The van der Waals surface area contributed by atoms with Gasteiger partial charge in [0.25, 0.3) is 0 Å². The predicted molar refractivity (Wildman–Crippen MR) is 287 cm³/mol. The van der Waals surface area contributed by atoms with Crippen molar-refractivity contribution in [2.75, 3.05) is 4.90 Å². The Balaban J connectivity index is 1.36. The highest BCUT2D eigenvalue weighted by atomic mass is 28.3. The van der Waals surface area contributed by atoms with Crippen LogP contribution in [0, 0.1) is 0 Å². The third-order valence-corrected chi connectivity index (χ3v) is 24.4. The standard InChI is InChI=1S/C62H54N2Si2/c1-61(2,3)43-35-37-50-51-38-36-44(62(4,5)6)40-55(51)63(54(50)39-43)45-41-58-60-59(42-45)66(48-27-15-9-16-28-48,49-29-17-10-18-30-49)57-34-22-20-32-53(57)64(60)52-31-19-21-33-56(52)65(58,46-23-11-7-12-24-46)47-25-13-8-14-26-47/h7-42H,1-6H3. The summed E-state index contributed by atoms with van der Waals surface area (Å²) >= 11 is 0. The van der Waals surface area contributed by atoms with Gasteiger partial charge in [0.15, 0.2) is 16.1 Å². The molecule has 0 saturated heterocycles. The number of aromatic nitrogens is 1. The molecule has 0 bridgehead atoms. The number of nitrogens with zero attached hydrogens (tertiary/aromatic N) is 2. The second kappa shape index (κ2) is 14.8. The van der Waals surface area contributed by atoms with Gasteiger partial charge in [-0.3, -0.25) is 0 Å². The zero-order valence-electron chi connectivity index (χ0n) is 38.7. The lowest BCUT2D eigenvalue weighted by Crippen LogP contribution is -2.82. The van der Waals surface area contributed by atoms with Crippen LogP contribution in [-0.4, -0.2) is 20.7 Å². The first-order valence-electron chi connectivity index (χ1n) is 23.5. The molecule has 2 nitrogen and oxygen atoms in total. The molecular weight excluding hydrogens is 829 g/mol. The zero-order chi connectivity index (χ0) is 45.0. The number of fused-ring (bicyclic) bond motifs is 7. The third kappa shape index (κ3) is 5.71. The molecule has 9 aromatic carbocycles. The maximum Gasteiger partial charge on any atom is 0.184 e. The molecule has 2 aliphatic rings. The van der Waals surface area contributed by atoms with Crippen molar-refractivity contribution in [1.82, 2.24) is 4.57 Å². The van der Waals surface area contributed by atoms with Gasteiger partial charge in [-0.2, -0.15) is 0 Å². The highest BCUT2D eigenvalue weighted by Gasteiger charge is 2.56. The molecule has 320 valence electrons. The van der Waals surface area contributed by atoms with Crippen molar-refractivity contribution in [2.45, 2.75) is 52.4 Å². The fraction of sp³-hybridized carbons (Fsp3) is 0.129. The first kappa shape index (κ1) is 40.5. The van der Waals surface area contributed by atoms with Crippen LogP contribution in [-0.2, 0) is 10.8 Å². The van der Waals surface area contributed by atoms with Gasteiger partial charge in [-0.05, 0) is 99.8 Å². The number of anilines is 3. The minimum Gasteiger partial charge on any atom is -0.311 e. The van der Waals surface area contributed by atoms with Gasteiger partial charge in [0.1, 0.15) is 0 Å². The topological polar surface area (TPSA) is 8.17 Å². The second-order valence-corrected chi connectivity index (χ2v) is 28.0. The SMILES string of the molecule is CC(C)(C)c1ccc2c3ccc(C(C)(C)C)cc3n(-c3cc4c5c(c3)[Si](c3ccccc3)(c3ccccc3)c3ccccc3N5c3ccccc3[Si]4(c3ccccc3)c3ccccc3)c2c1. The van der Waals surface area contributed by atoms with Crippen LogP contribution < -0.4 is 46.4 Å². The van der Waals surface area contributed by atoms with Crippen LogP contribution in [0.25, 0.3) is 27.5 Å². The number of rotatable bonds is 5. The fourth-order valence-electron chi connectivity index (χ4n) is 11.8. The molecular formula is C62H54N2Si2. The largest absolute Gasteiger partial charge is 0.311 e. The summed E-state index contributed by atoms with van der Waals surface area (Å²) in [5.74, 6) is 0. The van der Waals surface area contributed by atoms with Crippen molar-refractivity contribution in [2.24, 2.45) is 0 Å². The van der Waals surface area contributed by atoms with E-state index in [-0.39, 0.29) is 10.8 Å². The molecule has 2 aliphatic heterocycles. The molecule has 66 heavy (non-hydrogen) atoms. The zero-order valence-corrected chi connectivity index (χ0v) is 40.7. The van der Waals surface area contributed by atoms with Crippen LogP contribution in [0.5, 0.6) is 0 Å². The summed E-state index contributed by atoms with van der Waals surface area (Å²) in [6, 6.07) is 84.7. The lowest BCUT2D eigenvalue weighted by atomic mass is 9.86. The Hall–Kier alpha value is -6.99. The summed E-state index contributed by atoms with van der Waals surface area (Å²) in [7, 11) is -6.22. The van der Waals surface area contributed by atoms with E-state index in [4.69, 9.17) is 0 Å². The molecule has 4 heteroatoms. The van der Waals surface area contributed by atoms with Crippen molar-refractivity contribution in [3.63, 3.8) is 0 Å². The molecule has 0 radical (unpaired) electrons. The average Bonchev–Trinajstić information content (AvgIpc) is 3.68. The Kier molecular flexibility index (Phi) is 9.06. The Morgan fingerprint density at radius 2 is 0.667 bits per heavy atom. The molecule has 0 saturated carbocycles. The van der Waals surface area contributed by atoms with Crippen LogP contribution in [0.15, 0.2) is 218 Å². The minimum absolute atomic E-state index is 0.0345. The summed E-state index contributed by atoms with van der Waals surface area (Å²) in [4.78, 5) is 2.68. The fourth-order valence-corrected chi connectivity index (χ4v) is 22.2. The minimum atomic E-state index is -3.11. The molecule has 0 fully saturated rings. The van der Waals surface area contributed by atoms with Gasteiger partial charge in [0, 0.05) is 33.5 Å². The van der Waals surface area contributed by atoms with Crippen molar-refractivity contribution >= 4 is 96.5 Å². The summed E-state index contributed by atoms with van der Waals surface area (Å²) < 4.78 is 2.65. The molecule has 0 N–H and O–H groups in total. The van der Waals surface area contributed by atoms with Gasteiger partial charge < -0.3 is 9.47 Å². The van der Waals surface area contributed by atoms with E-state index in [9.17, 15) is 0 Å². The van der Waals surface area contributed by atoms with Gasteiger partial charge in [0.2, 0.25) is 0 Å². The van der Waals surface area contributed by atoms with E-state index in [0.717, 1.165) is 0 Å². The van der Waals surface area contributed by atoms with E-state index in [0.29, 0.717) is 0 Å². The van der Waals surface area contributed by atoms with Crippen molar-refractivity contribution in [3.8, 4) is 5.69 Å². The van der Waals surface area contributed by atoms with Crippen molar-refractivity contribution < 1.29 is 0 Å². The lowest BCUT2D eigenvalue weighted by molar-refractivity contribution is 0.591. The quantitative estimate of drug-likeness (QED) is 0.156. The average molecular weight is 883 g/mol. The summed E-state index contributed by atoms with van der Waals surface area (Å²) in [5, 5.41) is 13.8. The van der Waals surface area contributed by atoms with E-state index >= 15 is 0 Å². The summed E-state index contributed by atoms with van der Waals surface area (Å²) in [5.41, 5.74) is 10.2. The predicted octanol–water partition coefficient (Wildman–Crippen LogP) is 10.2. The van der Waals surface area contributed by atoms with Crippen molar-refractivity contribution in [1.29, 1.82) is 0 Å². The first-order valence-corrected chi connectivity index (χ1v) is 27.5. The normalized spacial score (nSPS) is 14.7. The molecule has 10 aromatic rings. The molecule has 0 aliphatic carbocycles. The van der Waals surface area contributed by atoms with Crippen LogP contribution in [0.2, 0.25) is 0 Å². The number of hydrogen-bond donors (Lipinski definition) is 0. The van der Waals surface area contributed by atoms with Crippen LogP contribution in [0.3, 0.4) is 0 Å². The highest BCUT2D eigenvalue weighted by molar-refractivity contribution is 7.24.